The Kier molecular flexibility index (Phi) is 8.31. The Bertz CT molecular complexity index is 1120. The lowest BCUT2D eigenvalue weighted by Crippen LogP contribution is -2.59. The van der Waals surface area contributed by atoms with Gasteiger partial charge < -0.3 is 9.80 Å². The van der Waals surface area contributed by atoms with Gasteiger partial charge in [-0.1, -0.05) is 30.1 Å². The number of carbonyl (C=O) groups excluding carboxylic acids is 2. The highest BCUT2D eigenvalue weighted by Gasteiger charge is 2.38. The topological polar surface area (TPSA) is 70.6 Å². The zero-order chi connectivity index (χ0) is 25.2. The minimum atomic E-state index is -3.53. The molecule has 1 unspecified atom stereocenters. The molecule has 0 radical (unpaired) electrons. The van der Waals surface area contributed by atoms with Crippen molar-refractivity contribution in [1.82, 2.24) is 9.88 Å². The molecule has 184 valence electrons. The van der Waals surface area contributed by atoms with Gasteiger partial charge in [-0.05, 0) is 44.2 Å². The normalized spacial score (nSPS) is 19.7. The van der Waals surface area contributed by atoms with Crippen LogP contribution >= 0.6 is 23.2 Å². The van der Waals surface area contributed by atoms with Crippen LogP contribution in [0.15, 0.2) is 41.4 Å². The summed E-state index contributed by atoms with van der Waals surface area (Å²) in [4.78, 5) is 33.2. The van der Waals surface area contributed by atoms with Crippen LogP contribution in [0.1, 0.15) is 37.6 Å². The number of Topliss-reactive ketones (excluding diaryl/α,β-unsaturated/α-hetero) is 1. The van der Waals surface area contributed by atoms with Gasteiger partial charge in [0.1, 0.15) is 5.82 Å². The molecule has 6 nitrogen and oxygen atoms in total. The van der Waals surface area contributed by atoms with Crippen molar-refractivity contribution >= 4 is 51.5 Å². The number of carbonyl (C=O) groups is 2. The Hall–Kier alpha value is -2.10. The molecular weight excluding hydrogens is 507 g/mol. The number of anilines is 1. The van der Waals surface area contributed by atoms with Crippen molar-refractivity contribution in [1.29, 1.82) is 0 Å². The van der Waals surface area contributed by atoms with Gasteiger partial charge in [0.25, 0.3) is 5.91 Å². The molecule has 0 aliphatic carbocycles. The van der Waals surface area contributed by atoms with Crippen molar-refractivity contribution in [2.75, 3.05) is 23.7 Å². The zero-order valence-corrected chi connectivity index (χ0v) is 21.3. The number of rotatable bonds is 7. The minimum Gasteiger partial charge on any atom is -0.350 e. The summed E-state index contributed by atoms with van der Waals surface area (Å²) < 4.78 is 39.6. The van der Waals surface area contributed by atoms with Gasteiger partial charge in [-0.15, -0.1) is 0 Å². The number of piperazine rings is 1. The number of nitrogens with zero attached hydrogens (tertiary/aromatic N) is 3. The minimum absolute atomic E-state index is 0.0146. The molecule has 11 heteroatoms. The number of ketones is 1. The number of halogens is 4. The van der Waals surface area contributed by atoms with Crippen LogP contribution in [0.4, 0.5) is 14.6 Å². The van der Waals surface area contributed by atoms with Crippen LogP contribution in [0.25, 0.3) is 0 Å². The van der Waals surface area contributed by atoms with E-state index in [0.717, 1.165) is 5.82 Å². The highest BCUT2D eigenvalue weighted by atomic mass is 35.5. The fourth-order valence-electron chi connectivity index (χ4n) is 3.79. The molecular formula is C23H25Cl2F2N3O3S. The molecule has 0 N–H and O–H groups in total. The highest BCUT2D eigenvalue weighted by molar-refractivity contribution is 7.86. The summed E-state index contributed by atoms with van der Waals surface area (Å²) in [6.07, 6.45) is 0.971. The molecule has 1 aromatic carbocycles. The molecule has 1 aliphatic heterocycles. The van der Waals surface area contributed by atoms with E-state index in [1.165, 1.54) is 25.1 Å². The molecule has 3 rings (SSSR count). The van der Waals surface area contributed by atoms with E-state index < -0.39 is 34.7 Å². The van der Waals surface area contributed by atoms with Crippen LogP contribution in [-0.2, 0) is 15.6 Å². The summed E-state index contributed by atoms with van der Waals surface area (Å²) in [5.41, 5.74) is 0.282. The van der Waals surface area contributed by atoms with E-state index in [-0.39, 0.29) is 33.5 Å². The van der Waals surface area contributed by atoms with Gasteiger partial charge >= 0.3 is 5.92 Å². The van der Waals surface area contributed by atoms with E-state index in [4.69, 9.17) is 23.2 Å². The van der Waals surface area contributed by atoms with Crippen LogP contribution < -0.4 is 4.90 Å². The van der Waals surface area contributed by atoms with Crippen molar-refractivity contribution in [2.45, 2.75) is 50.1 Å². The third-order valence-electron chi connectivity index (χ3n) is 6.06. The van der Waals surface area contributed by atoms with Crippen molar-refractivity contribution < 1.29 is 22.6 Å². The molecule has 1 aromatic heterocycles. The Labute approximate surface area is 209 Å². The smallest absolute Gasteiger partial charge is 0.305 e. The quantitative estimate of drug-likeness (QED) is 0.510. The van der Waals surface area contributed by atoms with E-state index in [0.29, 0.717) is 18.1 Å². The first-order valence-electron chi connectivity index (χ1n) is 10.7. The molecule has 0 spiro atoms. The van der Waals surface area contributed by atoms with Gasteiger partial charge in [0.05, 0.1) is 26.5 Å². The first kappa shape index (κ1) is 26.5. The number of hydrogen-bond donors (Lipinski definition) is 0. The average Bonchev–Trinajstić information content (AvgIpc) is 2.80. The third-order valence-corrected chi connectivity index (χ3v) is 8.09. The van der Waals surface area contributed by atoms with E-state index in [9.17, 15) is 22.6 Å². The summed E-state index contributed by atoms with van der Waals surface area (Å²) >= 11 is 12.3. The lowest BCUT2D eigenvalue weighted by molar-refractivity contribution is -0.140. The zero-order valence-electron chi connectivity index (χ0n) is 18.9. The summed E-state index contributed by atoms with van der Waals surface area (Å²) in [7, 11) is -2.05. The van der Waals surface area contributed by atoms with Gasteiger partial charge in [0, 0.05) is 48.4 Å². The Morgan fingerprint density at radius 3 is 2.47 bits per heavy atom. The van der Waals surface area contributed by atoms with Gasteiger partial charge in [0.15, 0.2) is 0 Å². The first-order valence-corrected chi connectivity index (χ1v) is 12.8. The SMILES string of the molecule is CCC(F)(F)C(=O)CS(=O)c1ccc(C(=O)N2CCN(c3cc(Cl)ccn3)[C@@H](C)[C@@H]2C)cc1Cl. The van der Waals surface area contributed by atoms with Gasteiger partial charge in [-0.3, -0.25) is 13.8 Å². The largest absolute Gasteiger partial charge is 0.350 e. The number of pyridine rings is 1. The fourth-order valence-corrected chi connectivity index (χ4v) is 5.48. The molecule has 0 saturated carbocycles. The van der Waals surface area contributed by atoms with Crippen LogP contribution in [0.5, 0.6) is 0 Å². The molecule has 34 heavy (non-hydrogen) atoms. The van der Waals surface area contributed by atoms with E-state index in [1.807, 2.05) is 13.8 Å². The monoisotopic (exact) mass is 531 g/mol. The summed E-state index contributed by atoms with van der Waals surface area (Å²) in [5.74, 6) is -5.31. The predicted molar refractivity (Wildman–Crippen MR) is 130 cm³/mol. The van der Waals surface area contributed by atoms with E-state index >= 15 is 0 Å². The third kappa shape index (κ3) is 5.58. The van der Waals surface area contributed by atoms with Crippen molar-refractivity contribution in [2.24, 2.45) is 0 Å². The standard InChI is InChI=1S/C23H25Cl2F2N3O3S/c1-4-23(26,27)20(31)13-34(33)19-6-5-16(11-18(19)25)22(32)30-10-9-29(14(2)15(30)3)21-12-17(24)7-8-28-21/h5-8,11-12,14-15H,4,9-10,13H2,1-3H3/t14-,15-,34?/m0/s1. The molecule has 1 saturated heterocycles. The fraction of sp³-hybridized carbons (Fsp3) is 0.435. The van der Waals surface area contributed by atoms with Crippen molar-refractivity contribution in [3.8, 4) is 0 Å². The van der Waals surface area contributed by atoms with Crippen molar-refractivity contribution in [3.63, 3.8) is 0 Å². The maximum absolute atomic E-state index is 13.5. The molecule has 2 aromatic rings. The Morgan fingerprint density at radius 1 is 1.15 bits per heavy atom. The van der Waals surface area contributed by atoms with Gasteiger partial charge in [-0.25, -0.2) is 4.98 Å². The van der Waals surface area contributed by atoms with Gasteiger partial charge in [0.2, 0.25) is 5.78 Å². The second-order valence-corrected chi connectivity index (χ2v) is 10.4. The summed E-state index contributed by atoms with van der Waals surface area (Å²) in [5, 5.41) is 0.565. The lowest BCUT2D eigenvalue weighted by Gasteiger charge is -2.45. The molecule has 0 bridgehead atoms. The molecule has 3 atom stereocenters. The average molecular weight is 532 g/mol. The maximum Gasteiger partial charge on any atom is 0.305 e. The van der Waals surface area contributed by atoms with Gasteiger partial charge in [-0.2, -0.15) is 8.78 Å². The van der Waals surface area contributed by atoms with Crippen molar-refractivity contribution in [3.05, 3.63) is 52.1 Å². The lowest BCUT2D eigenvalue weighted by atomic mass is 10.0. The number of hydrogen-bond acceptors (Lipinski definition) is 5. The van der Waals surface area contributed by atoms with Crippen LogP contribution in [0.3, 0.4) is 0 Å². The number of benzene rings is 1. The van der Waals surface area contributed by atoms with Crippen LogP contribution in [0, 0.1) is 0 Å². The number of amides is 1. The van der Waals surface area contributed by atoms with E-state index in [1.54, 1.807) is 23.2 Å². The Balaban J connectivity index is 1.73. The molecule has 1 amide bonds. The number of alkyl halides is 2. The highest BCUT2D eigenvalue weighted by Crippen LogP contribution is 2.28. The summed E-state index contributed by atoms with van der Waals surface area (Å²) in [6, 6.07) is 7.44. The van der Waals surface area contributed by atoms with Crippen LogP contribution in [-0.4, -0.2) is 62.6 Å². The second kappa shape index (κ2) is 10.7. The molecule has 1 fully saturated rings. The predicted octanol–water partition coefficient (Wildman–Crippen LogP) is 4.85. The second-order valence-electron chi connectivity index (χ2n) is 8.12. The first-order chi connectivity index (χ1) is 16.0. The molecule has 1 aliphatic rings. The van der Waals surface area contributed by atoms with E-state index in [2.05, 4.69) is 9.88 Å². The number of aromatic nitrogens is 1. The molecule has 2 heterocycles. The Morgan fingerprint density at radius 2 is 1.85 bits per heavy atom. The van der Waals surface area contributed by atoms with Crippen LogP contribution in [0.2, 0.25) is 10.0 Å². The summed E-state index contributed by atoms with van der Waals surface area (Å²) in [6.45, 7) is 6.10. The maximum atomic E-state index is 13.5.